The minimum absolute atomic E-state index is 0.0769. The Morgan fingerprint density at radius 2 is 2.00 bits per heavy atom. The molecule has 4 nitrogen and oxygen atoms in total. The molecule has 4 heteroatoms. The molecule has 1 aliphatic heterocycles. The first-order valence-electron chi connectivity index (χ1n) is 6.88. The lowest BCUT2D eigenvalue weighted by Gasteiger charge is -2.43. The van der Waals surface area contributed by atoms with Crippen LogP contribution in [-0.4, -0.2) is 24.5 Å². The van der Waals surface area contributed by atoms with E-state index in [4.69, 9.17) is 5.73 Å². The fourth-order valence-corrected chi connectivity index (χ4v) is 2.49. The highest BCUT2D eigenvalue weighted by atomic mass is 16.2. The van der Waals surface area contributed by atoms with Crippen molar-refractivity contribution < 1.29 is 4.79 Å². The Morgan fingerprint density at radius 3 is 2.58 bits per heavy atom. The zero-order chi connectivity index (χ0) is 14.0. The van der Waals surface area contributed by atoms with Gasteiger partial charge in [0.15, 0.2) is 0 Å². The first-order chi connectivity index (χ1) is 8.96. The maximum Gasteiger partial charge on any atom is 0.245 e. The molecule has 0 aromatic heterocycles. The number of nitrogens with zero attached hydrogens (tertiary/aromatic N) is 1. The Kier molecular flexibility index (Phi) is 3.80. The minimum atomic E-state index is -0.507. The Labute approximate surface area is 115 Å². The molecule has 1 saturated heterocycles. The molecule has 1 heterocycles. The molecule has 0 unspecified atom stereocenters. The van der Waals surface area contributed by atoms with Crippen LogP contribution in [-0.2, 0) is 4.79 Å². The largest absolute Gasteiger partial charge is 0.356 e. The van der Waals surface area contributed by atoms with E-state index < -0.39 is 5.54 Å². The minimum Gasteiger partial charge on any atom is -0.356 e. The number of carbonyl (C=O) groups excluding carboxylic acids is 1. The van der Waals surface area contributed by atoms with Crippen LogP contribution in [0.5, 0.6) is 0 Å². The molecule has 0 spiro atoms. The topological polar surface area (TPSA) is 58.4 Å². The van der Waals surface area contributed by atoms with E-state index in [1.165, 1.54) is 0 Å². The summed E-state index contributed by atoms with van der Waals surface area (Å²) in [7, 11) is 0. The smallest absolute Gasteiger partial charge is 0.245 e. The molecule has 2 rings (SSSR count). The fraction of sp³-hybridized carbons (Fsp3) is 0.533. The van der Waals surface area contributed by atoms with Crippen molar-refractivity contribution in [2.75, 3.05) is 18.0 Å². The third-order valence-corrected chi connectivity index (χ3v) is 3.92. The van der Waals surface area contributed by atoms with Gasteiger partial charge in [-0.2, -0.15) is 0 Å². The molecule has 1 atom stereocenters. The Hall–Kier alpha value is -1.55. The fourth-order valence-electron chi connectivity index (χ4n) is 2.49. The lowest BCUT2D eigenvalue weighted by atomic mass is 9.97. The molecule has 1 aromatic rings. The van der Waals surface area contributed by atoms with Gasteiger partial charge in [0.25, 0.3) is 0 Å². The van der Waals surface area contributed by atoms with Gasteiger partial charge >= 0.3 is 0 Å². The maximum absolute atomic E-state index is 11.9. The van der Waals surface area contributed by atoms with Crippen molar-refractivity contribution in [1.29, 1.82) is 0 Å². The quantitative estimate of drug-likeness (QED) is 0.872. The molecular weight excluding hydrogens is 238 g/mol. The van der Waals surface area contributed by atoms with E-state index in [0.29, 0.717) is 6.54 Å². The summed E-state index contributed by atoms with van der Waals surface area (Å²) < 4.78 is 0. The van der Waals surface area contributed by atoms with Crippen LogP contribution in [0, 0.1) is 0 Å². The molecule has 0 radical (unpaired) electrons. The van der Waals surface area contributed by atoms with Crippen molar-refractivity contribution in [2.24, 2.45) is 5.73 Å². The van der Waals surface area contributed by atoms with E-state index in [2.05, 4.69) is 41.4 Å². The van der Waals surface area contributed by atoms with E-state index in [9.17, 15) is 4.79 Å². The van der Waals surface area contributed by atoms with Gasteiger partial charge in [0.1, 0.15) is 5.54 Å². The molecule has 104 valence electrons. The van der Waals surface area contributed by atoms with E-state index >= 15 is 0 Å². The summed E-state index contributed by atoms with van der Waals surface area (Å²) >= 11 is 0. The van der Waals surface area contributed by atoms with Crippen molar-refractivity contribution in [2.45, 2.75) is 38.8 Å². The van der Waals surface area contributed by atoms with Crippen molar-refractivity contribution in [3.63, 3.8) is 0 Å². The zero-order valence-corrected chi connectivity index (χ0v) is 11.9. The van der Waals surface area contributed by atoms with Crippen LogP contribution in [0.25, 0.3) is 0 Å². The Balaban J connectivity index is 2.24. The van der Waals surface area contributed by atoms with Gasteiger partial charge < -0.3 is 16.0 Å². The third-order valence-electron chi connectivity index (χ3n) is 3.92. The standard InChI is InChI=1S/C15H23N3O/c1-4-13(16)11-5-7-12(8-6-11)18-10-9-17-14(19)15(18,2)3/h5-8,13H,4,9-10,16H2,1-3H3,(H,17,19)/t13-/m0/s1. The summed E-state index contributed by atoms with van der Waals surface area (Å²) in [5.41, 5.74) is 7.73. The predicted octanol–water partition coefficient (Wildman–Crippen LogP) is 1.81. The third kappa shape index (κ3) is 2.59. The molecule has 0 bridgehead atoms. The molecule has 3 N–H and O–H groups in total. The lowest BCUT2D eigenvalue weighted by molar-refractivity contribution is -0.126. The van der Waals surface area contributed by atoms with E-state index in [-0.39, 0.29) is 11.9 Å². The number of nitrogens with two attached hydrogens (primary N) is 1. The van der Waals surface area contributed by atoms with Gasteiger partial charge in [-0.25, -0.2) is 0 Å². The summed E-state index contributed by atoms with van der Waals surface area (Å²) in [6.45, 7) is 7.51. The molecular formula is C15H23N3O. The Bertz CT molecular complexity index is 453. The number of benzene rings is 1. The summed E-state index contributed by atoms with van der Waals surface area (Å²) in [6.07, 6.45) is 0.928. The molecule has 1 aliphatic rings. The molecule has 0 saturated carbocycles. The average Bonchev–Trinajstić information content (AvgIpc) is 2.41. The highest BCUT2D eigenvalue weighted by Crippen LogP contribution is 2.27. The number of hydrogen-bond acceptors (Lipinski definition) is 3. The van der Waals surface area contributed by atoms with E-state index in [1.54, 1.807) is 0 Å². The van der Waals surface area contributed by atoms with Crippen molar-refractivity contribution in [3.05, 3.63) is 29.8 Å². The van der Waals surface area contributed by atoms with Crippen molar-refractivity contribution in [3.8, 4) is 0 Å². The second kappa shape index (κ2) is 5.21. The Morgan fingerprint density at radius 1 is 1.37 bits per heavy atom. The normalized spacial score (nSPS) is 20.0. The van der Waals surface area contributed by atoms with Crippen LogP contribution in [0.3, 0.4) is 0 Å². The maximum atomic E-state index is 11.9. The molecule has 1 aromatic carbocycles. The first-order valence-corrected chi connectivity index (χ1v) is 6.88. The SMILES string of the molecule is CC[C@H](N)c1ccc(N2CCNC(=O)C2(C)C)cc1. The van der Waals surface area contributed by atoms with Crippen LogP contribution in [0.15, 0.2) is 24.3 Å². The number of hydrogen-bond donors (Lipinski definition) is 2. The second-order valence-electron chi connectivity index (χ2n) is 5.57. The number of rotatable bonds is 3. The highest BCUT2D eigenvalue weighted by molar-refractivity contribution is 5.90. The summed E-state index contributed by atoms with van der Waals surface area (Å²) in [6, 6.07) is 8.33. The van der Waals surface area contributed by atoms with Crippen LogP contribution >= 0.6 is 0 Å². The van der Waals surface area contributed by atoms with Crippen LogP contribution in [0.4, 0.5) is 5.69 Å². The van der Waals surface area contributed by atoms with Gasteiger partial charge in [0.2, 0.25) is 5.91 Å². The van der Waals surface area contributed by atoms with Crippen LogP contribution < -0.4 is 16.0 Å². The highest BCUT2D eigenvalue weighted by Gasteiger charge is 2.37. The summed E-state index contributed by atoms with van der Waals surface area (Å²) in [5, 5.41) is 2.91. The van der Waals surface area contributed by atoms with E-state index in [0.717, 1.165) is 24.2 Å². The number of anilines is 1. The number of piperazine rings is 1. The monoisotopic (exact) mass is 261 g/mol. The van der Waals surface area contributed by atoms with Crippen molar-refractivity contribution in [1.82, 2.24) is 5.32 Å². The van der Waals surface area contributed by atoms with Crippen LogP contribution in [0.1, 0.15) is 38.8 Å². The van der Waals surface area contributed by atoms with Gasteiger partial charge in [-0.15, -0.1) is 0 Å². The zero-order valence-electron chi connectivity index (χ0n) is 11.9. The average molecular weight is 261 g/mol. The lowest BCUT2D eigenvalue weighted by Crippen LogP contribution is -2.62. The molecule has 1 amide bonds. The van der Waals surface area contributed by atoms with Gasteiger partial charge in [0.05, 0.1) is 0 Å². The molecule has 0 aliphatic carbocycles. The van der Waals surface area contributed by atoms with Crippen LogP contribution in [0.2, 0.25) is 0 Å². The van der Waals surface area contributed by atoms with Gasteiger partial charge in [-0.3, -0.25) is 4.79 Å². The molecule has 1 fully saturated rings. The number of carbonyl (C=O) groups is 1. The van der Waals surface area contributed by atoms with Gasteiger partial charge in [-0.1, -0.05) is 19.1 Å². The van der Waals surface area contributed by atoms with E-state index in [1.807, 2.05) is 13.8 Å². The van der Waals surface area contributed by atoms with Gasteiger partial charge in [-0.05, 0) is 38.0 Å². The summed E-state index contributed by atoms with van der Waals surface area (Å²) in [4.78, 5) is 14.1. The van der Waals surface area contributed by atoms with Crippen molar-refractivity contribution >= 4 is 11.6 Å². The number of nitrogens with one attached hydrogen (secondary N) is 1. The molecule has 19 heavy (non-hydrogen) atoms. The number of amides is 1. The first kappa shape index (κ1) is 13.9. The van der Waals surface area contributed by atoms with Gasteiger partial charge in [0, 0.05) is 24.8 Å². The predicted molar refractivity (Wildman–Crippen MR) is 78.1 cm³/mol. The summed E-state index contributed by atoms with van der Waals surface area (Å²) in [5.74, 6) is 0.0769. The second-order valence-corrected chi connectivity index (χ2v) is 5.57.